The number of hydrogen-bond donors (Lipinski definition) is 0. The number of rotatable bonds is 2. The van der Waals surface area contributed by atoms with Gasteiger partial charge in [-0.25, -0.2) is 0 Å². The summed E-state index contributed by atoms with van der Waals surface area (Å²) in [5, 5.41) is 3.27. The van der Waals surface area contributed by atoms with Crippen molar-refractivity contribution in [2.24, 2.45) is 0 Å². The molecule has 92 valence electrons. The van der Waals surface area contributed by atoms with Crippen LogP contribution < -0.4 is 10.4 Å². The second-order valence-corrected chi connectivity index (χ2v) is 9.69. The normalized spacial score (nSPS) is 18.4. The van der Waals surface area contributed by atoms with Crippen LogP contribution in [0.25, 0.3) is 0 Å². The second-order valence-electron chi connectivity index (χ2n) is 5.37. The summed E-state index contributed by atoms with van der Waals surface area (Å²) in [6.45, 7) is 0. The number of benzene rings is 2. The van der Waals surface area contributed by atoms with Gasteiger partial charge >= 0.3 is 0 Å². The molecule has 0 amide bonds. The van der Waals surface area contributed by atoms with Crippen molar-refractivity contribution >= 4 is 18.4 Å². The molecule has 1 heteroatoms. The Labute approximate surface area is 111 Å². The fourth-order valence-electron chi connectivity index (χ4n) is 3.41. The minimum atomic E-state index is -1.43. The Morgan fingerprint density at radius 3 is 1.44 bits per heavy atom. The fourth-order valence-corrected chi connectivity index (χ4v) is 8.52. The topological polar surface area (TPSA) is 0 Å². The zero-order valence-electron chi connectivity index (χ0n) is 10.8. The van der Waals surface area contributed by atoms with Crippen LogP contribution in [-0.4, -0.2) is 8.07 Å². The van der Waals surface area contributed by atoms with Crippen molar-refractivity contribution in [3.05, 3.63) is 60.7 Å². The van der Waals surface area contributed by atoms with Crippen molar-refractivity contribution in [3.63, 3.8) is 0 Å². The van der Waals surface area contributed by atoms with Crippen LogP contribution in [0.1, 0.15) is 19.3 Å². The molecule has 2 aromatic carbocycles. The standard InChI is InChI=1S/C17H20Si/c1-4-10-16(11-5-1)18(14-8-3-9-15-18)17-12-6-2-7-13-17/h1-2,4-7,10-13H,3,8-9,14-15H2. The Morgan fingerprint density at radius 2 is 1.00 bits per heavy atom. The molecule has 0 spiro atoms. The first kappa shape index (κ1) is 11.7. The van der Waals surface area contributed by atoms with Crippen LogP contribution in [0.5, 0.6) is 0 Å². The van der Waals surface area contributed by atoms with E-state index >= 15 is 0 Å². The van der Waals surface area contributed by atoms with Gasteiger partial charge in [0, 0.05) is 0 Å². The molecule has 0 aromatic heterocycles. The van der Waals surface area contributed by atoms with Gasteiger partial charge in [-0.15, -0.1) is 0 Å². The van der Waals surface area contributed by atoms with Gasteiger partial charge in [0.25, 0.3) is 0 Å². The molecule has 18 heavy (non-hydrogen) atoms. The highest BCUT2D eigenvalue weighted by molar-refractivity contribution is 7.02. The first-order valence-corrected chi connectivity index (χ1v) is 9.44. The summed E-state index contributed by atoms with van der Waals surface area (Å²) in [5.41, 5.74) is 0. The van der Waals surface area contributed by atoms with Crippen molar-refractivity contribution < 1.29 is 0 Å². The third kappa shape index (κ3) is 2.03. The maximum atomic E-state index is 2.37. The fraction of sp³-hybridized carbons (Fsp3) is 0.294. The van der Waals surface area contributed by atoms with Crippen LogP contribution in [0.2, 0.25) is 12.1 Å². The van der Waals surface area contributed by atoms with Crippen LogP contribution in [0.3, 0.4) is 0 Å². The van der Waals surface area contributed by atoms with Crippen molar-refractivity contribution in [1.29, 1.82) is 0 Å². The van der Waals surface area contributed by atoms with Crippen LogP contribution in [0.15, 0.2) is 60.7 Å². The second kappa shape index (κ2) is 5.11. The van der Waals surface area contributed by atoms with Crippen LogP contribution in [0.4, 0.5) is 0 Å². The minimum Gasteiger partial charge on any atom is -0.0626 e. The molecule has 0 bridgehead atoms. The van der Waals surface area contributed by atoms with Gasteiger partial charge in [0.1, 0.15) is 8.07 Å². The van der Waals surface area contributed by atoms with Crippen LogP contribution >= 0.6 is 0 Å². The third-order valence-electron chi connectivity index (χ3n) is 4.36. The molecular weight excluding hydrogens is 232 g/mol. The number of hydrogen-bond acceptors (Lipinski definition) is 0. The Balaban J connectivity index is 2.10. The van der Waals surface area contributed by atoms with Crippen molar-refractivity contribution in [1.82, 2.24) is 0 Å². The maximum Gasteiger partial charge on any atom is 0.118 e. The highest BCUT2D eigenvalue weighted by Gasteiger charge is 2.37. The molecule has 1 aliphatic heterocycles. The van der Waals surface area contributed by atoms with Crippen molar-refractivity contribution in [2.75, 3.05) is 0 Å². The lowest BCUT2D eigenvalue weighted by Crippen LogP contribution is -2.58. The van der Waals surface area contributed by atoms with E-state index in [0.29, 0.717) is 0 Å². The molecule has 0 atom stereocenters. The maximum absolute atomic E-state index is 2.37. The largest absolute Gasteiger partial charge is 0.118 e. The Kier molecular flexibility index (Phi) is 3.33. The quantitative estimate of drug-likeness (QED) is 0.718. The van der Waals surface area contributed by atoms with Gasteiger partial charge in [0.15, 0.2) is 0 Å². The van der Waals surface area contributed by atoms with E-state index in [-0.39, 0.29) is 0 Å². The molecule has 2 aromatic rings. The van der Waals surface area contributed by atoms with E-state index in [4.69, 9.17) is 0 Å². The average Bonchev–Trinajstić information content (AvgIpc) is 2.50. The van der Waals surface area contributed by atoms with Crippen molar-refractivity contribution in [2.45, 2.75) is 31.4 Å². The molecule has 0 nitrogen and oxygen atoms in total. The van der Waals surface area contributed by atoms with Gasteiger partial charge in [0.2, 0.25) is 0 Å². The average molecular weight is 252 g/mol. The molecule has 0 saturated carbocycles. The third-order valence-corrected chi connectivity index (χ3v) is 9.65. The van der Waals surface area contributed by atoms with E-state index < -0.39 is 8.07 Å². The summed E-state index contributed by atoms with van der Waals surface area (Å²) in [5.74, 6) is 0. The van der Waals surface area contributed by atoms with Gasteiger partial charge in [-0.1, -0.05) is 90.3 Å². The zero-order valence-corrected chi connectivity index (χ0v) is 11.8. The molecule has 0 N–H and O–H groups in total. The van der Waals surface area contributed by atoms with E-state index in [1.165, 1.54) is 31.4 Å². The monoisotopic (exact) mass is 252 g/mol. The lowest BCUT2D eigenvalue weighted by Gasteiger charge is -2.36. The highest BCUT2D eigenvalue weighted by atomic mass is 28.3. The Hall–Kier alpha value is -1.34. The van der Waals surface area contributed by atoms with Gasteiger partial charge in [-0.3, -0.25) is 0 Å². The van der Waals surface area contributed by atoms with Crippen LogP contribution in [0, 0.1) is 0 Å². The minimum absolute atomic E-state index is 1.41. The summed E-state index contributed by atoms with van der Waals surface area (Å²) in [7, 11) is -1.43. The first-order chi connectivity index (χ1) is 8.92. The molecule has 0 aliphatic carbocycles. The van der Waals surface area contributed by atoms with Crippen LogP contribution in [-0.2, 0) is 0 Å². The summed E-state index contributed by atoms with van der Waals surface area (Å²) in [4.78, 5) is 0. The van der Waals surface area contributed by atoms with E-state index in [9.17, 15) is 0 Å². The molecule has 1 fully saturated rings. The molecule has 1 aliphatic rings. The summed E-state index contributed by atoms with van der Waals surface area (Å²) in [6, 6.07) is 25.4. The first-order valence-electron chi connectivity index (χ1n) is 7.03. The molecular formula is C17H20Si. The predicted molar refractivity (Wildman–Crippen MR) is 81.4 cm³/mol. The lowest BCUT2D eigenvalue weighted by molar-refractivity contribution is 0.720. The Morgan fingerprint density at radius 1 is 0.556 bits per heavy atom. The predicted octanol–water partition coefficient (Wildman–Crippen LogP) is 3.43. The Bertz CT molecular complexity index is 442. The van der Waals surface area contributed by atoms with E-state index in [2.05, 4.69) is 60.7 Å². The zero-order chi connectivity index (χ0) is 12.3. The molecule has 3 rings (SSSR count). The summed E-state index contributed by atoms with van der Waals surface area (Å²) >= 11 is 0. The highest BCUT2D eigenvalue weighted by Crippen LogP contribution is 2.28. The molecule has 0 unspecified atom stereocenters. The van der Waals surface area contributed by atoms with E-state index in [1.807, 2.05) is 0 Å². The van der Waals surface area contributed by atoms with Gasteiger partial charge in [-0.2, -0.15) is 0 Å². The van der Waals surface area contributed by atoms with Gasteiger partial charge in [-0.05, 0) is 12.1 Å². The summed E-state index contributed by atoms with van der Waals surface area (Å²) in [6.07, 6.45) is 4.25. The summed E-state index contributed by atoms with van der Waals surface area (Å²) < 4.78 is 0. The smallest absolute Gasteiger partial charge is 0.0626 e. The molecule has 1 saturated heterocycles. The van der Waals surface area contributed by atoms with Gasteiger partial charge in [0.05, 0.1) is 0 Å². The SMILES string of the molecule is c1ccc([Si]2(c3ccccc3)CCCCC2)cc1. The van der Waals surface area contributed by atoms with Crippen molar-refractivity contribution in [3.8, 4) is 0 Å². The van der Waals surface area contributed by atoms with Gasteiger partial charge < -0.3 is 0 Å². The molecule has 0 radical (unpaired) electrons. The van der Waals surface area contributed by atoms with E-state index in [0.717, 1.165) is 0 Å². The lowest BCUT2D eigenvalue weighted by atomic mass is 10.3. The molecule has 1 heterocycles. The van der Waals surface area contributed by atoms with E-state index in [1.54, 1.807) is 10.4 Å².